The second kappa shape index (κ2) is 22.9. The number of carbonyl (C=O) groups is 2. The van der Waals surface area contributed by atoms with Gasteiger partial charge < -0.3 is 19.8 Å². The number of carboxylic acid groups (broad SMARTS) is 2. The van der Waals surface area contributed by atoms with E-state index in [4.69, 9.17) is 0 Å². The van der Waals surface area contributed by atoms with Gasteiger partial charge in [-0.25, -0.2) is 0 Å². The van der Waals surface area contributed by atoms with Gasteiger partial charge in [0.1, 0.15) is 0 Å². The zero-order valence-corrected chi connectivity index (χ0v) is 24.9. The Balaban J connectivity index is 0. The molecule has 0 N–H and O–H groups in total. The van der Waals surface area contributed by atoms with Gasteiger partial charge in [0.25, 0.3) is 0 Å². The molecule has 0 amide bonds. The van der Waals surface area contributed by atoms with Crippen molar-refractivity contribution in [2.45, 2.75) is 116 Å². The molecule has 0 aliphatic rings. The molecule has 0 aliphatic carbocycles. The summed E-state index contributed by atoms with van der Waals surface area (Å²) in [5.74, 6) is -2.54. The van der Waals surface area contributed by atoms with Crippen LogP contribution in [0.1, 0.15) is 136 Å². The van der Waals surface area contributed by atoms with E-state index in [0.717, 1.165) is 19.3 Å². The first-order valence-corrected chi connectivity index (χ1v) is 12.1. The summed E-state index contributed by atoms with van der Waals surface area (Å²) in [6.07, 6.45) is 21.1. The van der Waals surface area contributed by atoms with E-state index in [2.05, 4.69) is 6.92 Å². The quantitative estimate of drug-likeness (QED) is 0.200. The monoisotopic (exact) mass is 462 g/mol. The minimum Gasteiger partial charge on any atom is -0.545 e. The molecule has 0 aromatic heterocycles. The summed E-state index contributed by atoms with van der Waals surface area (Å²) < 4.78 is 0. The van der Waals surface area contributed by atoms with Gasteiger partial charge in [0.15, 0.2) is 0 Å². The van der Waals surface area contributed by atoms with Crippen LogP contribution in [0.5, 0.6) is 0 Å². The van der Waals surface area contributed by atoms with Gasteiger partial charge in [0, 0.05) is 5.56 Å². The fourth-order valence-corrected chi connectivity index (χ4v) is 3.99. The van der Waals surface area contributed by atoms with Crippen molar-refractivity contribution in [3.05, 3.63) is 34.9 Å². The number of aryl methyl sites for hydroxylation is 1. The maximum atomic E-state index is 11.2. The number of unbranched alkanes of at least 4 members (excludes halogenated alkanes) is 15. The fraction of sp³-hybridized carbons (Fsp3) is 0.692. The summed E-state index contributed by atoms with van der Waals surface area (Å²) in [6.45, 7) is 2.26. The van der Waals surface area contributed by atoms with E-state index in [1.54, 1.807) is 0 Å². The number of carbonyl (C=O) groups excluding carboxylic acids is 2. The Morgan fingerprint density at radius 3 is 1.41 bits per heavy atom. The molecule has 0 spiro atoms. The molecule has 1 aromatic rings. The van der Waals surface area contributed by atoms with Crippen LogP contribution < -0.4 is 69.3 Å². The van der Waals surface area contributed by atoms with Gasteiger partial charge in [-0.15, -0.1) is 0 Å². The zero-order valence-electron chi connectivity index (χ0n) is 20.9. The summed E-state index contributed by atoms with van der Waals surface area (Å²) >= 11 is 0. The standard InChI is InChI=1S/C26H42O4.2Na/c1-2-3-4-5-6-7-8-9-10-11-12-13-14-15-16-17-18-22-21-23(25(27)28)19-20-24(22)26(29)30;;/h19-21H,2-18H2,1H3,(H,27,28)(H,29,30);;/q;2*+1/p-2. The molecule has 0 heterocycles. The number of aromatic carboxylic acids is 2. The van der Waals surface area contributed by atoms with Crippen molar-refractivity contribution in [1.82, 2.24) is 0 Å². The first-order chi connectivity index (χ1) is 14.6. The van der Waals surface area contributed by atoms with Crippen molar-refractivity contribution >= 4 is 11.9 Å². The molecular weight excluding hydrogens is 422 g/mol. The van der Waals surface area contributed by atoms with Crippen molar-refractivity contribution < 1.29 is 78.9 Å². The molecule has 0 aliphatic heterocycles. The van der Waals surface area contributed by atoms with E-state index in [9.17, 15) is 19.8 Å². The third kappa shape index (κ3) is 16.7. The minimum atomic E-state index is -1.28. The zero-order chi connectivity index (χ0) is 22.0. The summed E-state index contributed by atoms with van der Waals surface area (Å²) in [6, 6.07) is 3.98. The molecule has 1 aromatic carbocycles. The van der Waals surface area contributed by atoms with Crippen LogP contribution in [-0.4, -0.2) is 11.9 Å². The molecule has 0 atom stereocenters. The largest absolute Gasteiger partial charge is 1.00 e. The van der Waals surface area contributed by atoms with Crippen molar-refractivity contribution in [1.29, 1.82) is 0 Å². The van der Waals surface area contributed by atoms with Gasteiger partial charge in [-0.1, -0.05) is 115 Å². The molecular formula is C26H40Na2O4. The Hall–Kier alpha value is 0.160. The number of rotatable bonds is 19. The summed E-state index contributed by atoms with van der Waals surface area (Å²) in [7, 11) is 0. The van der Waals surface area contributed by atoms with Gasteiger partial charge in [-0.05, 0) is 30.0 Å². The van der Waals surface area contributed by atoms with Crippen LogP contribution in [0.15, 0.2) is 18.2 Å². The average Bonchev–Trinajstić information content (AvgIpc) is 2.73. The molecule has 4 nitrogen and oxygen atoms in total. The SMILES string of the molecule is CCCCCCCCCCCCCCCCCCc1cc(C(=O)[O-])ccc1C(=O)[O-].[Na+].[Na+]. The predicted octanol–water partition coefficient (Wildman–Crippen LogP) is -0.774. The Morgan fingerprint density at radius 1 is 0.625 bits per heavy atom. The maximum absolute atomic E-state index is 11.2. The second-order valence-corrected chi connectivity index (χ2v) is 8.50. The molecule has 0 saturated carbocycles. The minimum absolute atomic E-state index is 0. The topological polar surface area (TPSA) is 80.3 Å². The normalized spacial score (nSPS) is 10.3. The summed E-state index contributed by atoms with van der Waals surface area (Å²) in [4.78, 5) is 22.2. The van der Waals surface area contributed by atoms with Crippen LogP contribution in [0.2, 0.25) is 0 Å². The first kappa shape index (κ1) is 34.3. The number of hydrogen-bond donors (Lipinski definition) is 0. The molecule has 0 unspecified atom stereocenters. The maximum Gasteiger partial charge on any atom is 1.00 e. The molecule has 32 heavy (non-hydrogen) atoms. The van der Waals surface area contributed by atoms with Crippen LogP contribution in [0.3, 0.4) is 0 Å². The van der Waals surface area contributed by atoms with Gasteiger partial charge in [0.2, 0.25) is 0 Å². The van der Waals surface area contributed by atoms with Crippen LogP contribution in [0.4, 0.5) is 0 Å². The van der Waals surface area contributed by atoms with Crippen molar-refractivity contribution in [2.75, 3.05) is 0 Å². The van der Waals surface area contributed by atoms with Gasteiger partial charge in [-0.3, -0.25) is 0 Å². The fourth-order valence-electron chi connectivity index (χ4n) is 3.99. The second-order valence-electron chi connectivity index (χ2n) is 8.50. The Bertz CT molecular complexity index is 620. The number of benzene rings is 1. The molecule has 0 bridgehead atoms. The Labute approximate surface area is 239 Å². The van der Waals surface area contributed by atoms with E-state index in [-0.39, 0.29) is 70.2 Å². The first-order valence-electron chi connectivity index (χ1n) is 12.1. The average molecular weight is 463 g/mol. The van der Waals surface area contributed by atoms with Gasteiger partial charge in [0.05, 0.1) is 11.9 Å². The van der Waals surface area contributed by atoms with Crippen molar-refractivity contribution in [3.63, 3.8) is 0 Å². The Kier molecular flexibility index (Phi) is 24.6. The molecule has 170 valence electrons. The third-order valence-electron chi connectivity index (χ3n) is 5.86. The van der Waals surface area contributed by atoms with E-state index in [1.807, 2.05) is 0 Å². The third-order valence-corrected chi connectivity index (χ3v) is 5.86. The van der Waals surface area contributed by atoms with Gasteiger partial charge >= 0.3 is 59.1 Å². The summed E-state index contributed by atoms with van der Waals surface area (Å²) in [5.41, 5.74) is 0.634. The molecule has 0 radical (unpaired) electrons. The van der Waals surface area contributed by atoms with E-state index in [0.29, 0.717) is 12.0 Å². The smallest absolute Gasteiger partial charge is 0.545 e. The predicted molar refractivity (Wildman–Crippen MR) is 118 cm³/mol. The number of hydrogen-bond acceptors (Lipinski definition) is 4. The van der Waals surface area contributed by atoms with Gasteiger partial charge in [-0.2, -0.15) is 0 Å². The molecule has 0 saturated heterocycles. The van der Waals surface area contributed by atoms with Crippen LogP contribution >= 0.6 is 0 Å². The molecule has 0 fully saturated rings. The molecule has 6 heteroatoms. The Morgan fingerprint density at radius 2 is 1.03 bits per heavy atom. The van der Waals surface area contributed by atoms with E-state index < -0.39 is 11.9 Å². The van der Waals surface area contributed by atoms with Crippen molar-refractivity contribution in [2.24, 2.45) is 0 Å². The van der Waals surface area contributed by atoms with Crippen LogP contribution in [0.25, 0.3) is 0 Å². The van der Waals surface area contributed by atoms with Crippen molar-refractivity contribution in [3.8, 4) is 0 Å². The van der Waals surface area contributed by atoms with E-state index >= 15 is 0 Å². The van der Waals surface area contributed by atoms with Crippen LogP contribution in [-0.2, 0) is 6.42 Å². The number of carboxylic acids is 2. The summed E-state index contributed by atoms with van der Waals surface area (Å²) in [5, 5.41) is 22.2. The van der Waals surface area contributed by atoms with E-state index in [1.165, 1.54) is 102 Å². The molecule has 1 rings (SSSR count). The van der Waals surface area contributed by atoms with Crippen LogP contribution in [0, 0.1) is 0 Å².